The summed E-state index contributed by atoms with van der Waals surface area (Å²) in [6, 6.07) is 32.3. The smallest absolute Gasteiger partial charge is 0.394 e. The third-order valence-corrected chi connectivity index (χ3v) is 18.2. The second kappa shape index (κ2) is 133. The molecule has 0 aliphatic rings. The topological polar surface area (TPSA) is 492 Å². The molecule has 0 radical (unpaired) electrons. The molecule has 0 saturated carbocycles. The van der Waals surface area contributed by atoms with E-state index in [1.54, 1.807) is 28.4 Å². The van der Waals surface area contributed by atoms with Crippen molar-refractivity contribution in [1.29, 1.82) is 0 Å². The van der Waals surface area contributed by atoms with E-state index in [0.717, 1.165) is 6.26 Å². The minimum atomic E-state index is -3.41. The number of ether oxygens (including phenoxy) is 32. The summed E-state index contributed by atoms with van der Waals surface area (Å²) in [7, 11) is 1.71. The predicted molar refractivity (Wildman–Crippen MR) is 510 cm³/mol. The minimum absolute atomic E-state index is 0. The van der Waals surface area contributed by atoms with E-state index in [9.17, 15) is 12.8 Å². The van der Waals surface area contributed by atoms with Crippen molar-refractivity contribution in [2.75, 3.05) is 465 Å². The Morgan fingerprint density at radius 3 is 0.596 bits per heavy atom. The molecular weight excluding hydrogens is 1850 g/mol. The molecule has 3 rings (SSSR count). The summed E-state index contributed by atoms with van der Waals surface area (Å²) >= 11 is 0. The van der Waals surface area contributed by atoms with E-state index in [1.807, 2.05) is 0 Å². The molecule has 3 aromatic carbocycles. The molecule has 0 aliphatic heterocycles. The van der Waals surface area contributed by atoms with Gasteiger partial charge in [0, 0.05) is 46.4 Å². The molecular formula is C89H168FN7NaO36PS. The van der Waals surface area contributed by atoms with Gasteiger partial charge in [-0.3, -0.25) is 13.5 Å². The molecule has 3 aromatic rings. The van der Waals surface area contributed by atoms with Crippen LogP contribution in [-0.2, 0) is 166 Å². The van der Waals surface area contributed by atoms with Gasteiger partial charge < -0.3 is 173 Å². The van der Waals surface area contributed by atoms with Crippen LogP contribution < -0.4 is 51.2 Å². The fourth-order valence-corrected chi connectivity index (χ4v) is 11.7. The first-order valence-electron chi connectivity index (χ1n) is 45.4. The van der Waals surface area contributed by atoms with Crippen LogP contribution in [0.1, 0.15) is 8.80 Å². The van der Waals surface area contributed by atoms with E-state index in [0.29, 0.717) is 403 Å². The molecule has 0 aromatic heterocycles. The second-order valence-corrected chi connectivity index (χ2v) is 29.4. The Kier molecular flexibility index (Phi) is 138. The summed E-state index contributed by atoms with van der Waals surface area (Å²) in [6.07, 6.45) is 0.997. The fourth-order valence-electron chi connectivity index (χ4n) is 8.98. The molecule has 0 fully saturated rings. The summed E-state index contributed by atoms with van der Waals surface area (Å²) in [4.78, 5) is 4.13. The van der Waals surface area contributed by atoms with Crippen molar-refractivity contribution in [2.45, 2.75) is 7.43 Å². The number of nitrogens with two attached hydrogens (primary N) is 1. The molecule has 136 heavy (non-hydrogen) atoms. The maximum Gasteiger partial charge on any atom is 1.00 e. The van der Waals surface area contributed by atoms with E-state index in [1.165, 1.54) is 20.8 Å². The van der Waals surface area contributed by atoms with Crippen molar-refractivity contribution in [3.8, 4) is 0 Å². The van der Waals surface area contributed by atoms with Crippen LogP contribution in [0.2, 0.25) is 0 Å². The SMILES string of the molecule is C.COCCOCCOCCOCCOCCOCCOCCOCCN.COCCOCCOCCOCCOCCOCCOCCOCCN=[N+]=[N-].COCCOCCOCCOCCOCCOCCOCCOCCO.COCCOCCOCCOCCOCCOCCOCCOCCOS(C)(=O)=O.[2H]CF.[N-]=[N+]=[N-].[Na+].c1ccc(P(c2ccccc2)c2ccccc2)cc1. The summed E-state index contributed by atoms with van der Waals surface area (Å²) in [6.45, 7) is 32.1. The van der Waals surface area contributed by atoms with Gasteiger partial charge >= 0.3 is 29.6 Å². The molecule has 0 unspecified atom stereocenters. The van der Waals surface area contributed by atoms with Gasteiger partial charge in [0.1, 0.15) is 0 Å². The number of hydrogen-bond donors (Lipinski definition) is 2. The van der Waals surface area contributed by atoms with E-state index in [-0.39, 0.29) is 56.8 Å². The van der Waals surface area contributed by atoms with Crippen molar-refractivity contribution < 1.29 is 205 Å². The summed E-state index contributed by atoms with van der Waals surface area (Å²) in [5.41, 5.74) is 26.9. The number of nitrogens with zero attached hydrogens (tertiary/aromatic N) is 6. The largest absolute Gasteiger partial charge is 1.00 e. The van der Waals surface area contributed by atoms with E-state index < -0.39 is 25.2 Å². The minimum Gasteiger partial charge on any atom is -0.394 e. The Morgan fingerprint density at radius 2 is 0.449 bits per heavy atom. The van der Waals surface area contributed by atoms with E-state index >= 15 is 0 Å². The first-order valence-corrected chi connectivity index (χ1v) is 47.8. The molecule has 0 bridgehead atoms. The number of halogens is 1. The summed E-state index contributed by atoms with van der Waals surface area (Å²) in [5.74, 6) is 0. The third-order valence-electron chi connectivity index (χ3n) is 15.1. The number of alkyl halides is 1. The van der Waals surface area contributed by atoms with Gasteiger partial charge in [0.25, 0.3) is 10.1 Å². The predicted octanol–water partition coefficient (Wildman–Crippen LogP) is 2.77. The fraction of sp³-hybridized carbons (Fsp3) is 0.798. The van der Waals surface area contributed by atoms with Crippen LogP contribution in [0.25, 0.3) is 26.4 Å². The number of methoxy groups -OCH3 is 4. The first-order chi connectivity index (χ1) is 66.6. The molecule has 794 valence electrons. The Balaban J connectivity index is -0.000000385. The standard InChI is InChI=1S/C18H38O11S.C18H15P.C17H35N3O8.C17H37NO8.C17H36O9.CH3F.CH4.N3.Na/c1-21-3-4-22-5-6-23-7-8-24-9-10-25-11-12-26-13-14-27-15-16-28-17-18-29-30(2,19)20;1-4-10-16(11-5-1)19(17-12-6-2-7-13-17)18-14-8-3-9-15-18;1-21-4-5-23-8-9-25-12-13-27-16-17-28-15-14-26-11-10-24-7-6-22-3-2-19-20-18;2*1-19-4-5-21-8-9-23-12-13-25-16-17-26-15-14-24-11-10-22-7-6-20-3-2-18;1-2;;1-3-2;/h3-18H2,1-2H3;1-15H;2-17H2,1H3;2-18H2,1H3;18H,2-17H2,1H3;1H3;1H4;;/q;;;;;;;-1;+1/i;;;;;1D;;;. The molecule has 43 nitrogen and oxygen atoms in total. The number of rotatable bonds is 98. The van der Waals surface area contributed by atoms with Crippen molar-refractivity contribution in [3.63, 3.8) is 0 Å². The zero-order valence-electron chi connectivity index (χ0n) is 82.4. The third kappa shape index (κ3) is 128. The van der Waals surface area contributed by atoms with Crippen LogP contribution in [0.15, 0.2) is 96.1 Å². The van der Waals surface area contributed by atoms with Crippen molar-refractivity contribution in [1.82, 2.24) is 0 Å². The monoisotopic (exact) mass is 2020 g/mol. The molecule has 3 N–H and O–H groups in total. The summed E-state index contributed by atoms with van der Waals surface area (Å²) in [5, 5.41) is 16.1. The van der Waals surface area contributed by atoms with Crippen LogP contribution >= 0.6 is 7.92 Å². The van der Waals surface area contributed by atoms with Gasteiger partial charge in [0.05, 0.1) is 424 Å². The van der Waals surface area contributed by atoms with Gasteiger partial charge in [-0.25, -0.2) is 0 Å². The molecule has 0 spiro atoms. The quantitative estimate of drug-likeness (QED) is 0.0156. The first kappa shape index (κ1) is 141. The van der Waals surface area contributed by atoms with Crippen LogP contribution in [0.4, 0.5) is 4.39 Å². The molecule has 0 aliphatic carbocycles. The van der Waals surface area contributed by atoms with Crippen molar-refractivity contribution in [3.05, 3.63) is 117 Å². The maximum atomic E-state index is 10.7. The van der Waals surface area contributed by atoms with E-state index in [2.05, 4.69) is 105 Å². The Hall–Kier alpha value is -3.81. The molecule has 0 atom stereocenters. The zero-order chi connectivity index (χ0) is 98.8. The average molecular weight is 2020 g/mol. The number of benzene rings is 3. The Bertz CT molecular complexity index is 2680. The van der Waals surface area contributed by atoms with Gasteiger partial charge in [-0.1, -0.05) is 104 Å². The molecule has 47 heteroatoms. The molecule has 0 saturated heterocycles. The van der Waals surface area contributed by atoms with Crippen molar-refractivity contribution in [2.24, 2.45) is 10.8 Å². The van der Waals surface area contributed by atoms with Crippen LogP contribution in [-0.4, -0.2) is 478 Å². The van der Waals surface area contributed by atoms with Crippen LogP contribution in [0.5, 0.6) is 0 Å². The maximum absolute atomic E-state index is 10.7. The van der Waals surface area contributed by atoms with Crippen LogP contribution in [0, 0.1) is 0 Å². The van der Waals surface area contributed by atoms with Gasteiger partial charge in [-0.15, -0.1) is 0 Å². The molecule has 0 amide bonds. The summed E-state index contributed by atoms with van der Waals surface area (Å²) < 4.78 is 210. The Labute approximate surface area is 834 Å². The normalized spacial score (nSPS) is 10.9. The number of hydrogen-bond acceptors (Lipinski definition) is 38. The van der Waals surface area contributed by atoms with Gasteiger partial charge in [-0.05, 0) is 29.4 Å². The second-order valence-electron chi connectivity index (χ2n) is 25.5. The van der Waals surface area contributed by atoms with Crippen LogP contribution in [0.3, 0.4) is 0 Å². The van der Waals surface area contributed by atoms with E-state index in [4.69, 9.17) is 180 Å². The average Bonchev–Trinajstić information content (AvgIpc) is 0.820. The molecule has 0 heterocycles. The van der Waals surface area contributed by atoms with Gasteiger partial charge in [0.15, 0.2) is 0 Å². The Morgan fingerprint density at radius 1 is 0.301 bits per heavy atom. The zero-order valence-corrected chi connectivity index (χ0v) is 85.1. The number of aliphatic hydroxyl groups excluding tert-OH is 1. The number of azide groups is 1. The van der Waals surface area contributed by atoms with Gasteiger partial charge in [0.2, 0.25) is 0 Å². The van der Waals surface area contributed by atoms with Crippen molar-refractivity contribution >= 4 is 34.0 Å². The van der Waals surface area contributed by atoms with Gasteiger partial charge in [-0.2, -0.15) is 8.42 Å². The number of aliphatic hydroxyl groups is 1.